The molecule has 2 aromatic carbocycles. The van der Waals surface area contributed by atoms with Crippen LogP contribution in [0.2, 0.25) is 10.0 Å². The van der Waals surface area contributed by atoms with Crippen LogP contribution in [-0.2, 0) is 0 Å². The maximum absolute atomic E-state index is 12.7. The molecule has 0 radical (unpaired) electrons. The van der Waals surface area contributed by atoms with Crippen LogP contribution in [0.25, 0.3) is 0 Å². The summed E-state index contributed by atoms with van der Waals surface area (Å²) in [6, 6.07) is 10.9. The van der Waals surface area contributed by atoms with E-state index in [1.54, 1.807) is 24.3 Å². The van der Waals surface area contributed by atoms with E-state index in [4.69, 9.17) is 32.7 Å². The summed E-state index contributed by atoms with van der Waals surface area (Å²) in [6.07, 6.45) is 0. The van der Waals surface area contributed by atoms with Crippen molar-refractivity contribution in [2.45, 2.75) is 0 Å². The van der Waals surface area contributed by atoms with Crippen LogP contribution in [0.1, 0.15) is 10.4 Å². The van der Waals surface area contributed by atoms with Gasteiger partial charge in [-0.2, -0.15) is 0 Å². The Hall–Kier alpha value is -2.11. The number of ether oxygens (including phenoxy) is 2. The first-order valence-corrected chi connectivity index (χ1v) is 8.77. The summed E-state index contributed by atoms with van der Waals surface area (Å²) < 4.78 is 10.6. The molecule has 0 saturated carbocycles. The van der Waals surface area contributed by atoms with Crippen molar-refractivity contribution in [3.8, 4) is 11.5 Å². The molecule has 0 aliphatic carbocycles. The lowest BCUT2D eigenvalue weighted by molar-refractivity contribution is 0.0746. The fraction of sp³-hybridized carbons (Fsp3) is 0.278. The third-order valence-corrected chi connectivity index (χ3v) is 5.27. The first-order chi connectivity index (χ1) is 12.1. The summed E-state index contributed by atoms with van der Waals surface area (Å²) in [7, 11) is 0. The number of nitrogens with zero attached hydrogens (tertiary/aromatic N) is 2. The van der Waals surface area contributed by atoms with E-state index in [1.165, 1.54) is 0 Å². The van der Waals surface area contributed by atoms with Crippen molar-refractivity contribution < 1.29 is 14.3 Å². The van der Waals surface area contributed by atoms with Crippen molar-refractivity contribution in [3.05, 3.63) is 52.0 Å². The van der Waals surface area contributed by atoms with Crippen molar-refractivity contribution in [2.75, 3.05) is 37.9 Å². The average Bonchev–Trinajstić information content (AvgIpc) is 3.11. The molecular weight excluding hydrogens is 363 g/mol. The van der Waals surface area contributed by atoms with Gasteiger partial charge in [-0.25, -0.2) is 0 Å². The Kier molecular flexibility index (Phi) is 4.36. The zero-order valence-corrected chi connectivity index (χ0v) is 14.9. The van der Waals surface area contributed by atoms with Crippen molar-refractivity contribution in [2.24, 2.45) is 0 Å². The third kappa shape index (κ3) is 3.10. The summed E-state index contributed by atoms with van der Waals surface area (Å²) in [5.41, 5.74) is 1.52. The SMILES string of the molecule is O=C(c1ccc2c(c1)OCO2)N1CCN(c2cccc(Cl)c2Cl)CC1. The molecule has 0 aromatic heterocycles. The second kappa shape index (κ2) is 6.65. The van der Waals surface area contributed by atoms with E-state index in [-0.39, 0.29) is 12.7 Å². The highest BCUT2D eigenvalue weighted by Crippen LogP contribution is 2.34. The zero-order chi connectivity index (χ0) is 17.4. The van der Waals surface area contributed by atoms with Crippen LogP contribution in [0, 0.1) is 0 Å². The molecule has 5 nitrogen and oxygen atoms in total. The molecule has 7 heteroatoms. The average molecular weight is 379 g/mol. The Labute approximate surface area is 155 Å². The van der Waals surface area contributed by atoms with Crippen LogP contribution in [0.3, 0.4) is 0 Å². The van der Waals surface area contributed by atoms with Gasteiger partial charge in [-0.3, -0.25) is 4.79 Å². The van der Waals surface area contributed by atoms with E-state index in [0.29, 0.717) is 53.3 Å². The van der Waals surface area contributed by atoms with Crippen LogP contribution < -0.4 is 14.4 Å². The minimum absolute atomic E-state index is 0.00450. The van der Waals surface area contributed by atoms with E-state index >= 15 is 0 Å². The Morgan fingerprint density at radius 3 is 2.52 bits per heavy atom. The number of carbonyl (C=O) groups is 1. The quantitative estimate of drug-likeness (QED) is 0.799. The molecule has 0 unspecified atom stereocenters. The van der Waals surface area contributed by atoms with Gasteiger partial charge >= 0.3 is 0 Å². The van der Waals surface area contributed by atoms with E-state index in [2.05, 4.69) is 4.90 Å². The topological polar surface area (TPSA) is 42.0 Å². The van der Waals surface area contributed by atoms with Gasteiger partial charge in [-0.1, -0.05) is 29.3 Å². The highest BCUT2D eigenvalue weighted by atomic mass is 35.5. The summed E-state index contributed by atoms with van der Waals surface area (Å²) >= 11 is 12.4. The molecule has 1 amide bonds. The normalized spacial score (nSPS) is 16.2. The molecule has 1 fully saturated rings. The second-order valence-corrected chi connectivity index (χ2v) is 6.71. The van der Waals surface area contributed by atoms with Crippen molar-refractivity contribution in [1.29, 1.82) is 0 Å². The number of benzene rings is 2. The Morgan fingerprint density at radius 1 is 0.960 bits per heavy atom. The Balaban J connectivity index is 1.45. The monoisotopic (exact) mass is 378 g/mol. The van der Waals surface area contributed by atoms with Crippen LogP contribution in [-0.4, -0.2) is 43.8 Å². The second-order valence-electron chi connectivity index (χ2n) is 5.92. The summed E-state index contributed by atoms with van der Waals surface area (Å²) in [5.74, 6) is 1.29. The van der Waals surface area contributed by atoms with Gasteiger partial charge in [0.1, 0.15) is 0 Å². The molecule has 2 aliphatic heterocycles. The van der Waals surface area contributed by atoms with Crippen LogP contribution in [0.4, 0.5) is 5.69 Å². The number of anilines is 1. The number of rotatable bonds is 2. The molecule has 1 saturated heterocycles. The van der Waals surface area contributed by atoms with Crippen LogP contribution >= 0.6 is 23.2 Å². The molecule has 0 atom stereocenters. The van der Waals surface area contributed by atoms with Crippen molar-refractivity contribution in [1.82, 2.24) is 4.90 Å². The smallest absolute Gasteiger partial charge is 0.254 e. The van der Waals surface area contributed by atoms with Crippen LogP contribution in [0.5, 0.6) is 11.5 Å². The molecule has 4 rings (SSSR count). The van der Waals surface area contributed by atoms with Gasteiger partial charge in [0, 0.05) is 31.7 Å². The lowest BCUT2D eigenvalue weighted by Crippen LogP contribution is -2.48. The number of hydrogen-bond acceptors (Lipinski definition) is 4. The first-order valence-electron chi connectivity index (χ1n) is 8.01. The minimum Gasteiger partial charge on any atom is -0.454 e. The van der Waals surface area contributed by atoms with Gasteiger partial charge in [-0.15, -0.1) is 0 Å². The van der Waals surface area contributed by atoms with Gasteiger partial charge in [-0.05, 0) is 30.3 Å². The fourth-order valence-corrected chi connectivity index (χ4v) is 3.51. The lowest BCUT2D eigenvalue weighted by atomic mass is 10.1. The van der Waals surface area contributed by atoms with Gasteiger partial charge < -0.3 is 19.3 Å². The largest absolute Gasteiger partial charge is 0.454 e. The zero-order valence-electron chi connectivity index (χ0n) is 13.4. The van der Waals surface area contributed by atoms with Gasteiger partial charge in [0.05, 0.1) is 15.7 Å². The number of carbonyl (C=O) groups excluding carboxylic acids is 1. The summed E-state index contributed by atoms with van der Waals surface area (Å²) in [6.45, 7) is 2.85. The Morgan fingerprint density at radius 2 is 1.72 bits per heavy atom. The number of halogens is 2. The standard InChI is InChI=1S/C18H16Cl2N2O3/c19-13-2-1-3-14(17(13)20)21-6-8-22(9-7-21)18(23)12-4-5-15-16(10-12)25-11-24-15/h1-5,10H,6-9,11H2. The van der Waals surface area contributed by atoms with E-state index < -0.39 is 0 Å². The van der Waals surface area contributed by atoms with Crippen molar-refractivity contribution >= 4 is 34.8 Å². The Bertz CT molecular complexity index is 820. The predicted octanol–water partition coefficient (Wildman–Crippen LogP) is 3.68. The van der Waals surface area contributed by atoms with E-state index in [0.717, 1.165) is 5.69 Å². The van der Waals surface area contributed by atoms with Gasteiger partial charge in [0.2, 0.25) is 6.79 Å². The highest BCUT2D eigenvalue weighted by Gasteiger charge is 2.25. The van der Waals surface area contributed by atoms with Gasteiger partial charge in [0.15, 0.2) is 11.5 Å². The number of piperazine rings is 1. The third-order valence-electron chi connectivity index (χ3n) is 4.46. The first kappa shape index (κ1) is 16.4. The fourth-order valence-electron chi connectivity index (χ4n) is 3.10. The number of hydrogen-bond donors (Lipinski definition) is 0. The molecule has 0 spiro atoms. The van der Waals surface area contributed by atoms with Crippen molar-refractivity contribution in [3.63, 3.8) is 0 Å². The van der Waals surface area contributed by atoms with Crippen LogP contribution in [0.15, 0.2) is 36.4 Å². The maximum atomic E-state index is 12.7. The van der Waals surface area contributed by atoms with Gasteiger partial charge in [0.25, 0.3) is 5.91 Å². The summed E-state index contributed by atoms with van der Waals surface area (Å²) in [5, 5.41) is 1.10. The summed E-state index contributed by atoms with van der Waals surface area (Å²) in [4.78, 5) is 16.7. The number of fused-ring (bicyclic) bond motifs is 1. The molecule has 0 bridgehead atoms. The van der Waals surface area contributed by atoms with E-state index in [1.807, 2.05) is 17.0 Å². The molecule has 2 heterocycles. The molecule has 2 aliphatic rings. The molecule has 25 heavy (non-hydrogen) atoms. The lowest BCUT2D eigenvalue weighted by Gasteiger charge is -2.36. The molecule has 130 valence electrons. The minimum atomic E-state index is -0.00450. The highest BCUT2D eigenvalue weighted by molar-refractivity contribution is 6.43. The molecule has 0 N–H and O–H groups in total. The molecule has 2 aromatic rings. The predicted molar refractivity (Wildman–Crippen MR) is 97.1 cm³/mol. The molecular formula is C18H16Cl2N2O3. The maximum Gasteiger partial charge on any atom is 0.254 e. The number of amides is 1. The van der Waals surface area contributed by atoms with E-state index in [9.17, 15) is 4.79 Å².